The Hall–Kier alpha value is -0.890. The van der Waals surface area contributed by atoms with Crippen LogP contribution in [0, 0.1) is 23.6 Å². The smallest absolute Gasteiger partial charge is 0.123 e. The summed E-state index contributed by atoms with van der Waals surface area (Å²) in [4.78, 5) is 0. The summed E-state index contributed by atoms with van der Waals surface area (Å²) in [6.07, 6.45) is 6.66. The van der Waals surface area contributed by atoms with Gasteiger partial charge in [-0.1, -0.05) is 25.5 Å². The Labute approximate surface area is 115 Å². The van der Waals surface area contributed by atoms with E-state index in [1.165, 1.54) is 31.7 Å². The lowest BCUT2D eigenvalue weighted by Crippen LogP contribution is -2.40. The van der Waals surface area contributed by atoms with Crippen LogP contribution in [-0.4, -0.2) is 12.6 Å². The summed E-state index contributed by atoms with van der Waals surface area (Å²) in [5.41, 5.74) is 1.13. The van der Waals surface area contributed by atoms with Crippen LogP contribution in [0.25, 0.3) is 0 Å². The fraction of sp³-hybridized carbons (Fsp3) is 0.647. The lowest BCUT2D eigenvalue weighted by molar-refractivity contribution is 0.249. The van der Waals surface area contributed by atoms with Crippen LogP contribution in [0.1, 0.15) is 38.2 Å². The summed E-state index contributed by atoms with van der Waals surface area (Å²) >= 11 is 0. The number of fused-ring (bicyclic) bond motifs is 2. The van der Waals surface area contributed by atoms with E-state index >= 15 is 0 Å². The zero-order valence-electron chi connectivity index (χ0n) is 11.7. The molecule has 4 unspecified atom stereocenters. The Balaban J connectivity index is 1.70. The van der Waals surface area contributed by atoms with E-state index in [2.05, 4.69) is 18.3 Å². The Morgan fingerprint density at radius 3 is 2.84 bits per heavy atom. The third-order valence-electron chi connectivity index (χ3n) is 5.12. The molecule has 104 valence electrons. The second kappa shape index (κ2) is 5.62. The predicted octanol–water partition coefficient (Wildman–Crippen LogP) is 3.78. The fourth-order valence-electron chi connectivity index (χ4n) is 4.34. The van der Waals surface area contributed by atoms with Crippen molar-refractivity contribution in [3.05, 3.63) is 35.6 Å². The molecule has 4 atom stereocenters. The molecule has 0 aliphatic heterocycles. The van der Waals surface area contributed by atoms with E-state index in [9.17, 15) is 4.39 Å². The molecule has 19 heavy (non-hydrogen) atoms. The second-order valence-electron chi connectivity index (χ2n) is 6.34. The van der Waals surface area contributed by atoms with Crippen molar-refractivity contribution in [2.45, 2.75) is 45.1 Å². The lowest BCUT2D eigenvalue weighted by atomic mass is 9.81. The van der Waals surface area contributed by atoms with Gasteiger partial charge in [-0.15, -0.1) is 0 Å². The van der Waals surface area contributed by atoms with Crippen molar-refractivity contribution in [1.82, 2.24) is 5.32 Å². The van der Waals surface area contributed by atoms with E-state index in [0.717, 1.165) is 36.3 Å². The van der Waals surface area contributed by atoms with Crippen molar-refractivity contribution in [2.75, 3.05) is 6.54 Å². The number of benzene rings is 1. The van der Waals surface area contributed by atoms with Gasteiger partial charge in [0.05, 0.1) is 0 Å². The van der Waals surface area contributed by atoms with E-state index in [0.29, 0.717) is 6.04 Å². The van der Waals surface area contributed by atoms with E-state index in [1.807, 2.05) is 6.07 Å². The van der Waals surface area contributed by atoms with Gasteiger partial charge in [0.25, 0.3) is 0 Å². The van der Waals surface area contributed by atoms with E-state index in [1.54, 1.807) is 6.07 Å². The summed E-state index contributed by atoms with van der Waals surface area (Å²) < 4.78 is 13.3. The Bertz CT molecular complexity index is 431. The van der Waals surface area contributed by atoms with Gasteiger partial charge < -0.3 is 5.32 Å². The molecule has 0 saturated heterocycles. The predicted molar refractivity (Wildman–Crippen MR) is 76.5 cm³/mol. The normalized spacial score (nSPS) is 30.7. The molecule has 1 nitrogen and oxygen atoms in total. The average molecular weight is 261 g/mol. The third kappa shape index (κ3) is 2.84. The van der Waals surface area contributed by atoms with Crippen LogP contribution >= 0.6 is 0 Å². The van der Waals surface area contributed by atoms with Gasteiger partial charge in [0.2, 0.25) is 0 Å². The Kier molecular flexibility index (Phi) is 3.88. The molecule has 2 saturated carbocycles. The van der Waals surface area contributed by atoms with Gasteiger partial charge >= 0.3 is 0 Å². The van der Waals surface area contributed by atoms with Gasteiger partial charge in [0.1, 0.15) is 5.82 Å². The van der Waals surface area contributed by atoms with Crippen molar-refractivity contribution in [2.24, 2.45) is 17.8 Å². The molecule has 0 aromatic heterocycles. The first-order valence-corrected chi connectivity index (χ1v) is 7.74. The van der Waals surface area contributed by atoms with Gasteiger partial charge in [-0.2, -0.15) is 0 Å². The molecule has 0 heterocycles. The van der Waals surface area contributed by atoms with Crippen molar-refractivity contribution >= 4 is 0 Å². The largest absolute Gasteiger partial charge is 0.314 e. The van der Waals surface area contributed by atoms with Gasteiger partial charge in [0, 0.05) is 6.04 Å². The number of rotatable bonds is 5. The first kappa shape index (κ1) is 13.1. The number of hydrogen-bond acceptors (Lipinski definition) is 1. The van der Waals surface area contributed by atoms with Crippen LogP contribution in [-0.2, 0) is 6.42 Å². The molecule has 3 rings (SSSR count). The molecular weight excluding hydrogens is 237 g/mol. The Morgan fingerprint density at radius 2 is 2.21 bits per heavy atom. The molecule has 0 radical (unpaired) electrons. The maximum Gasteiger partial charge on any atom is 0.123 e. The lowest BCUT2D eigenvalue weighted by Gasteiger charge is -2.31. The highest BCUT2D eigenvalue weighted by Crippen LogP contribution is 2.49. The quantitative estimate of drug-likeness (QED) is 0.850. The zero-order valence-corrected chi connectivity index (χ0v) is 11.7. The van der Waals surface area contributed by atoms with E-state index in [-0.39, 0.29) is 5.82 Å². The molecule has 2 fully saturated rings. The zero-order chi connectivity index (χ0) is 13.2. The first-order chi connectivity index (χ1) is 9.26. The summed E-state index contributed by atoms with van der Waals surface area (Å²) in [5, 5.41) is 3.65. The SMILES string of the molecule is CCNC(Cc1cccc(F)c1)C1CC2CCC1C2. The average Bonchev–Trinajstić information content (AvgIpc) is 3.00. The summed E-state index contributed by atoms with van der Waals surface area (Å²) in [7, 11) is 0. The molecular formula is C17H24FN. The van der Waals surface area contributed by atoms with Crippen molar-refractivity contribution in [1.29, 1.82) is 0 Å². The molecule has 2 aliphatic carbocycles. The van der Waals surface area contributed by atoms with Crippen LogP contribution in [0.4, 0.5) is 4.39 Å². The fourth-order valence-corrected chi connectivity index (χ4v) is 4.34. The van der Waals surface area contributed by atoms with E-state index < -0.39 is 0 Å². The third-order valence-corrected chi connectivity index (χ3v) is 5.12. The monoisotopic (exact) mass is 261 g/mol. The Morgan fingerprint density at radius 1 is 1.32 bits per heavy atom. The van der Waals surface area contributed by atoms with Crippen LogP contribution < -0.4 is 5.32 Å². The number of halogens is 1. The molecule has 1 aromatic carbocycles. The highest BCUT2D eigenvalue weighted by molar-refractivity contribution is 5.18. The van der Waals surface area contributed by atoms with E-state index in [4.69, 9.17) is 0 Å². The molecule has 0 amide bonds. The second-order valence-corrected chi connectivity index (χ2v) is 6.34. The van der Waals surface area contributed by atoms with Gasteiger partial charge in [-0.3, -0.25) is 0 Å². The van der Waals surface area contributed by atoms with Crippen LogP contribution in [0.3, 0.4) is 0 Å². The topological polar surface area (TPSA) is 12.0 Å². The van der Waals surface area contributed by atoms with Gasteiger partial charge in [-0.05, 0) is 67.7 Å². The molecule has 1 aromatic rings. The van der Waals surface area contributed by atoms with Crippen LogP contribution in [0.5, 0.6) is 0 Å². The molecule has 2 aliphatic rings. The minimum Gasteiger partial charge on any atom is -0.314 e. The maximum absolute atomic E-state index is 13.3. The minimum atomic E-state index is -0.110. The molecule has 2 bridgehead atoms. The van der Waals surface area contributed by atoms with Gasteiger partial charge in [-0.25, -0.2) is 4.39 Å². The molecule has 1 N–H and O–H groups in total. The summed E-state index contributed by atoms with van der Waals surface area (Å²) in [5.74, 6) is 2.59. The standard InChI is InChI=1S/C17H24FN/c1-2-19-17(11-12-4-3-5-15(18)9-12)16-10-13-6-7-14(16)8-13/h3-5,9,13-14,16-17,19H,2,6-8,10-11H2,1H3. The van der Waals surface area contributed by atoms with Crippen molar-refractivity contribution in [3.63, 3.8) is 0 Å². The van der Waals surface area contributed by atoms with Crippen molar-refractivity contribution in [3.8, 4) is 0 Å². The number of hydrogen-bond donors (Lipinski definition) is 1. The van der Waals surface area contributed by atoms with Crippen LogP contribution in [0.2, 0.25) is 0 Å². The van der Waals surface area contributed by atoms with Gasteiger partial charge in [0.15, 0.2) is 0 Å². The maximum atomic E-state index is 13.3. The number of likely N-dealkylation sites (N-methyl/N-ethyl adjacent to an activating group) is 1. The van der Waals surface area contributed by atoms with Crippen molar-refractivity contribution < 1.29 is 4.39 Å². The first-order valence-electron chi connectivity index (χ1n) is 7.74. The molecule has 0 spiro atoms. The highest BCUT2D eigenvalue weighted by Gasteiger charge is 2.42. The molecule has 2 heteroatoms. The highest BCUT2D eigenvalue weighted by atomic mass is 19.1. The number of nitrogens with one attached hydrogen (secondary N) is 1. The summed E-state index contributed by atoms with van der Waals surface area (Å²) in [6.45, 7) is 3.18. The minimum absolute atomic E-state index is 0.110. The van der Waals surface area contributed by atoms with Crippen LogP contribution in [0.15, 0.2) is 24.3 Å². The summed E-state index contributed by atoms with van der Waals surface area (Å²) in [6, 6.07) is 7.64.